The first-order valence-corrected chi connectivity index (χ1v) is 9.59. The van der Waals surface area contributed by atoms with Crippen molar-refractivity contribution in [2.75, 3.05) is 30.3 Å². The molecule has 2 aliphatic heterocycles. The summed E-state index contributed by atoms with van der Waals surface area (Å²) in [6.45, 7) is 3.54. The van der Waals surface area contributed by atoms with Crippen LogP contribution in [0.4, 0.5) is 15.8 Å². The van der Waals surface area contributed by atoms with Crippen LogP contribution in [0.5, 0.6) is 0 Å². The number of nitrogens with one attached hydrogen (secondary N) is 2. The summed E-state index contributed by atoms with van der Waals surface area (Å²) in [5, 5.41) is 5.81. The Labute approximate surface area is 159 Å². The Hall–Kier alpha value is -2.66. The van der Waals surface area contributed by atoms with Crippen molar-refractivity contribution < 1.29 is 9.18 Å². The lowest BCUT2D eigenvalue weighted by Gasteiger charge is -2.26. The van der Waals surface area contributed by atoms with Gasteiger partial charge in [-0.25, -0.2) is 4.39 Å². The molecular formula is C22H24FN3O. The molecule has 0 bridgehead atoms. The van der Waals surface area contributed by atoms with Gasteiger partial charge in [0.15, 0.2) is 0 Å². The normalized spacial score (nSPS) is 18.4. The molecule has 4 nitrogen and oxygen atoms in total. The maximum Gasteiger partial charge on any atom is 0.257 e. The zero-order valence-electron chi connectivity index (χ0n) is 15.3. The number of benzene rings is 2. The lowest BCUT2D eigenvalue weighted by atomic mass is 10.1. The number of nitrogens with zero attached hydrogens (tertiary/aromatic N) is 1. The highest BCUT2D eigenvalue weighted by atomic mass is 19.1. The summed E-state index contributed by atoms with van der Waals surface area (Å²) in [7, 11) is 0. The molecule has 1 fully saturated rings. The molecule has 4 rings (SSSR count). The van der Waals surface area contributed by atoms with Crippen molar-refractivity contribution in [3.8, 4) is 0 Å². The molecule has 140 valence electrons. The van der Waals surface area contributed by atoms with Gasteiger partial charge in [-0.05, 0) is 62.2 Å². The molecule has 0 atom stereocenters. The maximum atomic E-state index is 14.1. The third-order valence-electron chi connectivity index (χ3n) is 5.28. The molecule has 2 aromatic rings. The van der Waals surface area contributed by atoms with Crippen LogP contribution >= 0.6 is 0 Å². The number of hydrogen-bond donors (Lipinski definition) is 2. The molecule has 1 saturated heterocycles. The van der Waals surface area contributed by atoms with Gasteiger partial charge in [0.1, 0.15) is 5.82 Å². The summed E-state index contributed by atoms with van der Waals surface area (Å²) < 4.78 is 14.1. The average molecular weight is 365 g/mol. The first-order chi connectivity index (χ1) is 13.2. The van der Waals surface area contributed by atoms with Gasteiger partial charge in [-0.3, -0.25) is 4.79 Å². The van der Waals surface area contributed by atoms with Crippen LogP contribution in [-0.2, 0) is 11.2 Å². The smallest absolute Gasteiger partial charge is 0.257 e. The van der Waals surface area contributed by atoms with Crippen LogP contribution in [0.2, 0.25) is 0 Å². The highest BCUT2D eigenvalue weighted by Crippen LogP contribution is 2.33. The molecule has 2 aromatic carbocycles. The summed E-state index contributed by atoms with van der Waals surface area (Å²) >= 11 is 0. The molecule has 27 heavy (non-hydrogen) atoms. The number of halogens is 1. The number of carbonyl (C=O) groups excluding carboxylic acids is 1. The van der Waals surface area contributed by atoms with E-state index in [-0.39, 0.29) is 5.91 Å². The fraction of sp³-hybridized carbons (Fsp3) is 0.318. The summed E-state index contributed by atoms with van der Waals surface area (Å²) in [5.74, 6) is -0.687. The van der Waals surface area contributed by atoms with Gasteiger partial charge in [0, 0.05) is 24.0 Å². The van der Waals surface area contributed by atoms with E-state index in [9.17, 15) is 9.18 Å². The Morgan fingerprint density at radius 3 is 2.63 bits per heavy atom. The predicted octanol–water partition coefficient (Wildman–Crippen LogP) is 4.26. The van der Waals surface area contributed by atoms with Gasteiger partial charge in [-0.15, -0.1) is 0 Å². The van der Waals surface area contributed by atoms with Crippen LogP contribution in [0, 0.1) is 5.82 Å². The van der Waals surface area contributed by atoms with Crippen LogP contribution in [0.25, 0.3) is 5.57 Å². The molecule has 0 saturated carbocycles. The van der Waals surface area contributed by atoms with Crippen molar-refractivity contribution in [1.29, 1.82) is 0 Å². The van der Waals surface area contributed by atoms with E-state index in [1.165, 1.54) is 44.0 Å². The molecule has 1 amide bonds. The number of fused-ring (bicyclic) bond motifs is 1. The highest BCUT2D eigenvalue weighted by Gasteiger charge is 2.27. The minimum atomic E-state index is -0.396. The second kappa shape index (κ2) is 7.92. The molecular weight excluding hydrogens is 341 g/mol. The minimum Gasteiger partial charge on any atom is -0.361 e. The molecule has 0 aromatic heterocycles. The Morgan fingerprint density at radius 1 is 1.07 bits per heavy atom. The van der Waals surface area contributed by atoms with Gasteiger partial charge in [0.05, 0.1) is 11.3 Å². The lowest BCUT2D eigenvalue weighted by molar-refractivity contribution is -0.110. The van der Waals surface area contributed by atoms with Crippen molar-refractivity contribution in [3.05, 3.63) is 65.6 Å². The van der Waals surface area contributed by atoms with E-state index in [1.807, 2.05) is 12.1 Å². The first kappa shape index (κ1) is 17.7. The number of hydrogen-bond acceptors (Lipinski definition) is 3. The molecule has 0 unspecified atom stereocenters. The SMILES string of the molecule is O=C1Nc2cccc(F)c2C1=CNc1ccc(CCN2CCCCC2)cc1. The molecule has 0 aliphatic carbocycles. The Kier molecular flexibility index (Phi) is 5.21. The van der Waals surface area contributed by atoms with Crippen LogP contribution in [-0.4, -0.2) is 30.4 Å². The van der Waals surface area contributed by atoms with E-state index in [1.54, 1.807) is 18.3 Å². The van der Waals surface area contributed by atoms with E-state index < -0.39 is 5.82 Å². The fourth-order valence-electron chi connectivity index (χ4n) is 3.74. The van der Waals surface area contributed by atoms with Crippen molar-refractivity contribution in [3.63, 3.8) is 0 Å². The summed E-state index contributed by atoms with van der Waals surface area (Å²) in [6.07, 6.45) is 6.61. The van der Waals surface area contributed by atoms with Crippen LogP contribution in [0.3, 0.4) is 0 Å². The van der Waals surface area contributed by atoms with E-state index in [4.69, 9.17) is 0 Å². The second-order valence-electron chi connectivity index (χ2n) is 7.17. The Balaban J connectivity index is 1.39. The van der Waals surface area contributed by atoms with Gasteiger partial charge in [0.25, 0.3) is 5.91 Å². The maximum absolute atomic E-state index is 14.1. The van der Waals surface area contributed by atoms with Crippen LogP contribution in [0.15, 0.2) is 48.7 Å². The summed E-state index contributed by atoms with van der Waals surface area (Å²) in [4.78, 5) is 14.6. The second-order valence-corrected chi connectivity index (χ2v) is 7.17. The first-order valence-electron chi connectivity index (χ1n) is 9.59. The quantitative estimate of drug-likeness (QED) is 0.778. The lowest BCUT2D eigenvalue weighted by Crippen LogP contribution is -2.31. The summed E-state index contributed by atoms with van der Waals surface area (Å²) in [6, 6.07) is 12.9. The van der Waals surface area contributed by atoms with E-state index in [0.717, 1.165) is 18.7 Å². The number of piperidine rings is 1. The van der Waals surface area contributed by atoms with Crippen molar-refractivity contribution in [1.82, 2.24) is 4.90 Å². The number of likely N-dealkylation sites (tertiary alicyclic amines) is 1. The van der Waals surface area contributed by atoms with Gasteiger partial charge in [-0.2, -0.15) is 0 Å². The van der Waals surface area contributed by atoms with Crippen molar-refractivity contribution in [2.45, 2.75) is 25.7 Å². The third-order valence-corrected chi connectivity index (χ3v) is 5.28. The van der Waals surface area contributed by atoms with E-state index >= 15 is 0 Å². The number of amides is 1. The van der Waals surface area contributed by atoms with Crippen LogP contribution in [0.1, 0.15) is 30.4 Å². The molecule has 2 heterocycles. The van der Waals surface area contributed by atoms with Gasteiger partial charge in [-0.1, -0.05) is 24.6 Å². The summed E-state index contributed by atoms with van der Waals surface area (Å²) in [5.41, 5.74) is 3.34. The fourth-order valence-corrected chi connectivity index (χ4v) is 3.74. The third kappa shape index (κ3) is 4.03. The largest absolute Gasteiger partial charge is 0.361 e. The van der Waals surface area contributed by atoms with Crippen molar-refractivity contribution in [2.24, 2.45) is 0 Å². The molecule has 2 aliphatic rings. The minimum absolute atomic E-state index is 0.291. The standard InChI is InChI=1S/C22H24FN3O/c23-19-5-4-6-20-21(19)18(22(27)25-20)15-24-17-9-7-16(8-10-17)11-14-26-12-2-1-3-13-26/h4-10,15,24H,1-3,11-14H2,(H,25,27). The van der Waals surface area contributed by atoms with Crippen molar-refractivity contribution >= 4 is 22.9 Å². The Morgan fingerprint density at radius 2 is 1.85 bits per heavy atom. The van der Waals surface area contributed by atoms with E-state index in [2.05, 4.69) is 27.7 Å². The Bertz CT molecular complexity index is 854. The molecule has 2 N–H and O–H groups in total. The molecule has 0 radical (unpaired) electrons. The van der Waals surface area contributed by atoms with Gasteiger partial charge < -0.3 is 15.5 Å². The average Bonchev–Trinajstić information content (AvgIpc) is 3.03. The zero-order chi connectivity index (χ0) is 18.6. The predicted molar refractivity (Wildman–Crippen MR) is 107 cm³/mol. The topological polar surface area (TPSA) is 44.4 Å². The molecule has 5 heteroatoms. The number of carbonyl (C=O) groups is 1. The van der Waals surface area contributed by atoms with Gasteiger partial charge in [0.2, 0.25) is 0 Å². The zero-order valence-corrected chi connectivity index (χ0v) is 15.3. The van der Waals surface area contributed by atoms with Crippen LogP contribution < -0.4 is 10.6 Å². The monoisotopic (exact) mass is 365 g/mol. The molecule has 0 spiro atoms. The highest BCUT2D eigenvalue weighted by molar-refractivity contribution is 6.31. The van der Waals surface area contributed by atoms with E-state index in [0.29, 0.717) is 16.8 Å². The van der Waals surface area contributed by atoms with Gasteiger partial charge >= 0.3 is 0 Å². The number of rotatable bonds is 5. The number of anilines is 2.